The lowest BCUT2D eigenvalue weighted by atomic mass is 10.0. The van der Waals surface area contributed by atoms with Crippen molar-refractivity contribution in [1.29, 1.82) is 0 Å². The zero-order valence-electron chi connectivity index (χ0n) is 15.9. The minimum absolute atomic E-state index is 0.0218. The number of rotatable bonds is 5. The van der Waals surface area contributed by atoms with Crippen LogP contribution in [0.1, 0.15) is 35.2 Å². The second-order valence-corrected chi connectivity index (χ2v) is 8.61. The molecule has 0 bridgehead atoms. The lowest BCUT2D eigenvalue weighted by Gasteiger charge is -2.21. The number of halogens is 3. The first-order valence-electron chi connectivity index (χ1n) is 9.62. The fraction of sp³-hybridized carbons (Fsp3) is 0.273. The van der Waals surface area contributed by atoms with Gasteiger partial charge in [-0.25, -0.2) is 4.39 Å². The Hall–Kier alpha value is -2.38. The summed E-state index contributed by atoms with van der Waals surface area (Å²) >= 11 is 9.21. The Bertz CT molecular complexity index is 1120. The smallest absolute Gasteiger partial charge is 0.251 e. The SMILES string of the molecule is O=C(N[C@@H]1CCC[C@H]1C(=O)NCc1cccc(Cl)c1F)c1cc(Br)c2occc2c1. The number of fused-ring (bicyclic) bond motifs is 1. The predicted octanol–water partition coefficient (Wildman–Crippen LogP) is 5.20. The Kier molecular flexibility index (Phi) is 6.11. The van der Waals surface area contributed by atoms with Crippen molar-refractivity contribution in [2.75, 3.05) is 0 Å². The number of hydrogen-bond donors (Lipinski definition) is 2. The van der Waals surface area contributed by atoms with E-state index in [0.717, 1.165) is 11.8 Å². The molecule has 0 unspecified atom stereocenters. The number of benzene rings is 2. The summed E-state index contributed by atoms with van der Waals surface area (Å²) in [6.07, 6.45) is 3.78. The molecule has 1 aliphatic rings. The normalized spacial score (nSPS) is 18.5. The molecule has 0 radical (unpaired) electrons. The highest BCUT2D eigenvalue weighted by Crippen LogP contribution is 2.29. The monoisotopic (exact) mass is 492 g/mol. The van der Waals surface area contributed by atoms with Gasteiger partial charge in [-0.3, -0.25) is 9.59 Å². The maximum Gasteiger partial charge on any atom is 0.251 e. The van der Waals surface area contributed by atoms with E-state index in [0.29, 0.717) is 34.0 Å². The minimum Gasteiger partial charge on any atom is -0.463 e. The molecule has 3 aromatic rings. The third-order valence-electron chi connectivity index (χ3n) is 5.42. The molecular formula is C22H19BrClFN2O3. The van der Waals surface area contributed by atoms with Crippen LogP contribution in [0.5, 0.6) is 0 Å². The van der Waals surface area contributed by atoms with Gasteiger partial charge >= 0.3 is 0 Å². The Morgan fingerprint density at radius 2 is 2.07 bits per heavy atom. The van der Waals surface area contributed by atoms with Crippen molar-refractivity contribution in [2.45, 2.75) is 31.8 Å². The summed E-state index contributed by atoms with van der Waals surface area (Å²) in [5, 5.41) is 6.60. The Balaban J connectivity index is 1.41. The van der Waals surface area contributed by atoms with Crippen LogP contribution in [-0.2, 0) is 11.3 Å². The fourth-order valence-corrected chi connectivity index (χ4v) is 4.63. The number of carbonyl (C=O) groups excluding carboxylic acids is 2. The molecular weight excluding hydrogens is 475 g/mol. The van der Waals surface area contributed by atoms with E-state index in [1.54, 1.807) is 36.6 Å². The van der Waals surface area contributed by atoms with Gasteiger partial charge in [-0.05, 0) is 53.0 Å². The largest absolute Gasteiger partial charge is 0.463 e. The highest BCUT2D eigenvalue weighted by molar-refractivity contribution is 9.10. The second kappa shape index (κ2) is 8.78. The highest BCUT2D eigenvalue weighted by atomic mass is 79.9. The average Bonchev–Trinajstić information content (AvgIpc) is 3.38. The van der Waals surface area contributed by atoms with Crippen molar-refractivity contribution in [1.82, 2.24) is 10.6 Å². The van der Waals surface area contributed by atoms with E-state index in [9.17, 15) is 14.0 Å². The second-order valence-electron chi connectivity index (χ2n) is 7.35. The molecule has 2 aromatic carbocycles. The summed E-state index contributed by atoms with van der Waals surface area (Å²) in [7, 11) is 0. The molecule has 1 saturated carbocycles. The Morgan fingerprint density at radius 3 is 2.90 bits per heavy atom. The van der Waals surface area contributed by atoms with Gasteiger partial charge in [0.1, 0.15) is 11.4 Å². The Morgan fingerprint density at radius 1 is 1.23 bits per heavy atom. The zero-order valence-corrected chi connectivity index (χ0v) is 18.2. The molecule has 4 rings (SSSR count). The average molecular weight is 494 g/mol. The summed E-state index contributed by atoms with van der Waals surface area (Å²) in [6, 6.07) is 9.65. The quantitative estimate of drug-likeness (QED) is 0.513. The van der Waals surface area contributed by atoms with E-state index in [-0.39, 0.29) is 35.3 Å². The molecule has 1 aliphatic carbocycles. The summed E-state index contributed by atoms with van der Waals surface area (Å²) in [5.74, 6) is -1.35. The minimum atomic E-state index is -0.532. The summed E-state index contributed by atoms with van der Waals surface area (Å²) in [5.41, 5.74) is 1.49. The van der Waals surface area contributed by atoms with Crippen LogP contribution >= 0.6 is 27.5 Å². The number of hydrogen-bond acceptors (Lipinski definition) is 3. The molecule has 0 saturated heterocycles. The van der Waals surface area contributed by atoms with Gasteiger partial charge < -0.3 is 15.1 Å². The van der Waals surface area contributed by atoms with Crippen LogP contribution in [0.15, 0.2) is 51.6 Å². The highest BCUT2D eigenvalue weighted by Gasteiger charge is 2.34. The van der Waals surface area contributed by atoms with Crippen LogP contribution in [-0.4, -0.2) is 17.9 Å². The molecule has 2 atom stereocenters. The molecule has 0 aliphatic heterocycles. The van der Waals surface area contributed by atoms with E-state index >= 15 is 0 Å². The van der Waals surface area contributed by atoms with Crippen molar-refractivity contribution < 1.29 is 18.4 Å². The molecule has 8 heteroatoms. The molecule has 2 amide bonds. The standard InChI is InChI=1S/C22H19BrClFN2O3/c23-16-10-14(9-12-7-8-30-20(12)16)21(28)27-18-6-2-4-15(18)22(29)26-11-13-3-1-5-17(24)19(13)25/h1,3,5,7-10,15,18H,2,4,6,11H2,(H,26,29)(H,27,28)/t15-,18-/m1/s1. The summed E-state index contributed by atoms with van der Waals surface area (Å²) in [6.45, 7) is 0.0481. The van der Waals surface area contributed by atoms with Gasteiger partial charge in [-0.1, -0.05) is 30.2 Å². The molecule has 1 aromatic heterocycles. The van der Waals surface area contributed by atoms with E-state index < -0.39 is 5.82 Å². The van der Waals surface area contributed by atoms with Gasteiger partial charge in [0, 0.05) is 29.1 Å². The van der Waals surface area contributed by atoms with Crippen LogP contribution in [0.25, 0.3) is 11.0 Å². The van der Waals surface area contributed by atoms with E-state index in [2.05, 4.69) is 26.6 Å². The van der Waals surface area contributed by atoms with Crippen LogP contribution in [0.2, 0.25) is 5.02 Å². The maximum absolute atomic E-state index is 14.0. The summed E-state index contributed by atoms with van der Waals surface area (Å²) < 4.78 is 20.1. The van der Waals surface area contributed by atoms with E-state index in [1.165, 1.54) is 6.07 Å². The molecule has 2 N–H and O–H groups in total. The van der Waals surface area contributed by atoms with E-state index in [4.69, 9.17) is 16.0 Å². The topological polar surface area (TPSA) is 71.3 Å². The molecule has 30 heavy (non-hydrogen) atoms. The fourth-order valence-electron chi connectivity index (χ4n) is 3.87. The molecule has 5 nitrogen and oxygen atoms in total. The van der Waals surface area contributed by atoms with Crippen LogP contribution in [0.3, 0.4) is 0 Å². The van der Waals surface area contributed by atoms with Gasteiger partial charge in [-0.15, -0.1) is 0 Å². The third-order valence-corrected chi connectivity index (χ3v) is 6.30. The van der Waals surface area contributed by atoms with Crippen LogP contribution in [0, 0.1) is 11.7 Å². The first-order chi connectivity index (χ1) is 14.4. The van der Waals surface area contributed by atoms with Gasteiger partial charge in [0.15, 0.2) is 0 Å². The van der Waals surface area contributed by atoms with Gasteiger partial charge in [-0.2, -0.15) is 0 Å². The zero-order chi connectivity index (χ0) is 21.3. The lowest BCUT2D eigenvalue weighted by molar-refractivity contribution is -0.125. The lowest BCUT2D eigenvalue weighted by Crippen LogP contribution is -2.43. The van der Waals surface area contributed by atoms with Gasteiger partial charge in [0.2, 0.25) is 5.91 Å². The van der Waals surface area contributed by atoms with Gasteiger partial charge in [0.25, 0.3) is 5.91 Å². The number of carbonyl (C=O) groups is 2. The number of furan rings is 1. The third kappa shape index (κ3) is 4.23. The molecule has 1 heterocycles. The van der Waals surface area contributed by atoms with Crippen molar-refractivity contribution in [3.8, 4) is 0 Å². The van der Waals surface area contributed by atoms with Crippen LogP contribution in [0.4, 0.5) is 4.39 Å². The van der Waals surface area contributed by atoms with Crippen LogP contribution < -0.4 is 10.6 Å². The first kappa shape index (κ1) is 20.9. The molecule has 0 spiro atoms. The predicted molar refractivity (Wildman–Crippen MR) is 116 cm³/mol. The first-order valence-corrected chi connectivity index (χ1v) is 10.8. The molecule has 1 fully saturated rings. The molecule has 156 valence electrons. The number of nitrogens with one attached hydrogen (secondary N) is 2. The van der Waals surface area contributed by atoms with Crippen molar-refractivity contribution >= 4 is 50.3 Å². The van der Waals surface area contributed by atoms with Crippen molar-refractivity contribution in [2.24, 2.45) is 5.92 Å². The van der Waals surface area contributed by atoms with Crippen molar-refractivity contribution in [3.05, 3.63) is 69.1 Å². The van der Waals surface area contributed by atoms with E-state index in [1.807, 2.05) is 0 Å². The summed E-state index contributed by atoms with van der Waals surface area (Å²) in [4.78, 5) is 25.5. The number of amides is 2. The van der Waals surface area contributed by atoms with Gasteiger partial charge in [0.05, 0.1) is 21.7 Å². The Labute approximate surface area is 186 Å². The maximum atomic E-state index is 14.0. The van der Waals surface area contributed by atoms with Crippen molar-refractivity contribution in [3.63, 3.8) is 0 Å².